The van der Waals surface area contributed by atoms with Crippen molar-refractivity contribution in [1.29, 1.82) is 5.26 Å². The molecule has 23 heavy (non-hydrogen) atoms. The predicted octanol–water partition coefficient (Wildman–Crippen LogP) is 2.54. The Morgan fingerprint density at radius 2 is 1.91 bits per heavy atom. The van der Waals surface area contributed by atoms with E-state index in [1.54, 1.807) is 0 Å². The van der Waals surface area contributed by atoms with Crippen LogP contribution in [0.4, 0.5) is 0 Å². The van der Waals surface area contributed by atoms with E-state index in [0.717, 1.165) is 44.9 Å². The minimum Gasteiger partial charge on any atom is -0.491 e. The van der Waals surface area contributed by atoms with E-state index in [4.69, 9.17) is 10.00 Å². The zero-order chi connectivity index (χ0) is 16.7. The number of hydrogen-bond acceptors (Lipinski definition) is 4. The quantitative estimate of drug-likeness (QED) is 0.809. The van der Waals surface area contributed by atoms with Crippen molar-refractivity contribution in [1.82, 2.24) is 9.80 Å². The van der Waals surface area contributed by atoms with Gasteiger partial charge in [0.2, 0.25) is 0 Å². The maximum atomic E-state index is 12.5. The van der Waals surface area contributed by atoms with Crippen molar-refractivity contribution < 1.29 is 9.53 Å². The molecule has 0 N–H and O–H groups in total. The molecule has 1 atom stereocenters. The molecule has 0 radical (unpaired) electrons. The Morgan fingerprint density at radius 3 is 2.48 bits per heavy atom. The second-order valence-corrected chi connectivity index (χ2v) is 5.90. The van der Waals surface area contributed by atoms with Gasteiger partial charge in [0.15, 0.2) is 0 Å². The minimum atomic E-state index is 0.0695. The summed E-state index contributed by atoms with van der Waals surface area (Å²) < 4.78 is 5.74. The van der Waals surface area contributed by atoms with Crippen LogP contribution in [0.15, 0.2) is 24.3 Å². The highest BCUT2D eigenvalue weighted by atomic mass is 16.5. The molecular formula is C18H25N3O2. The van der Waals surface area contributed by atoms with Gasteiger partial charge in [0.05, 0.1) is 12.2 Å². The molecule has 1 heterocycles. The van der Waals surface area contributed by atoms with Crippen molar-refractivity contribution in [2.24, 2.45) is 0 Å². The molecule has 0 bridgehead atoms. The van der Waals surface area contributed by atoms with E-state index < -0.39 is 0 Å². The minimum absolute atomic E-state index is 0.0695. The smallest absolute Gasteiger partial charge is 0.253 e. The molecule has 0 saturated carbocycles. The molecule has 1 fully saturated rings. The van der Waals surface area contributed by atoms with Gasteiger partial charge in [0.1, 0.15) is 5.75 Å². The molecule has 1 unspecified atom stereocenters. The second kappa shape index (κ2) is 8.54. The van der Waals surface area contributed by atoms with Gasteiger partial charge in [0, 0.05) is 44.7 Å². The first-order chi connectivity index (χ1) is 11.1. The number of hydrogen-bond donors (Lipinski definition) is 0. The first-order valence-electron chi connectivity index (χ1n) is 8.29. The van der Waals surface area contributed by atoms with E-state index >= 15 is 0 Å². The van der Waals surface area contributed by atoms with Crippen LogP contribution in [-0.2, 0) is 0 Å². The lowest BCUT2D eigenvalue weighted by Crippen LogP contribution is -2.48. The molecule has 124 valence electrons. The highest BCUT2D eigenvalue weighted by Crippen LogP contribution is 2.16. The molecule has 2 rings (SSSR count). The maximum absolute atomic E-state index is 12.5. The summed E-state index contributed by atoms with van der Waals surface area (Å²) in [7, 11) is 0. The highest BCUT2D eigenvalue weighted by Gasteiger charge is 2.21. The number of carbonyl (C=O) groups is 1. The third-order valence-corrected chi connectivity index (χ3v) is 4.21. The molecule has 1 amide bonds. The van der Waals surface area contributed by atoms with Gasteiger partial charge in [-0.1, -0.05) is 6.92 Å². The van der Waals surface area contributed by atoms with E-state index in [1.807, 2.05) is 36.1 Å². The molecular weight excluding hydrogens is 290 g/mol. The lowest BCUT2D eigenvalue weighted by molar-refractivity contribution is 0.0639. The number of piperazine rings is 1. The number of amides is 1. The molecule has 0 spiro atoms. The zero-order valence-corrected chi connectivity index (χ0v) is 14.0. The van der Waals surface area contributed by atoms with Gasteiger partial charge in [-0.05, 0) is 37.6 Å². The van der Waals surface area contributed by atoms with Crippen molar-refractivity contribution >= 4 is 5.91 Å². The Hall–Kier alpha value is -2.06. The Labute approximate surface area is 138 Å². The van der Waals surface area contributed by atoms with E-state index in [-0.39, 0.29) is 12.0 Å². The fourth-order valence-corrected chi connectivity index (χ4v) is 2.56. The van der Waals surface area contributed by atoms with Crippen molar-refractivity contribution in [2.45, 2.75) is 32.8 Å². The molecule has 1 aliphatic heterocycles. The average Bonchev–Trinajstić information content (AvgIpc) is 2.60. The van der Waals surface area contributed by atoms with Gasteiger partial charge in [-0.25, -0.2) is 0 Å². The summed E-state index contributed by atoms with van der Waals surface area (Å²) >= 11 is 0. The summed E-state index contributed by atoms with van der Waals surface area (Å²) in [6.45, 7) is 8.01. The fourth-order valence-electron chi connectivity index (χ4n) is 2.56. The number of ether oxygens (including phenoxy) is 1. The van der Waals surface area contributed by atoms with E-state index in [2.05, 4.69) is 17.9 Å². The van der Waals surface area contributed by atoms with Crippen LogP contribution >= 0.6 is 0 Å². The molecule has 1 aliphatic rings. The van der Waals surface area contributed by atoms with Crippen LogP contribution < -0.4 is 4.74 Å². The Morgan fingerprint density at radius 1 is 1.26 bits per heavy atom. The third kappa shape index (κ3) is 4.97. The van der Waals surface area contributed by atoms with Gasteiger partial charge in [-0.15, -0.1) is 0 Å². The summed E-state index contributed by atoms with van der Waals surface area (Å²) in [5, 5.41) is 8.63. The predicted molar refractivity (Wildman–Crippen MR) is 89.4 cm³/mol. The summed E-state index contributed by atoms with van der Waals surface area (Å²) in [6, 6.07) is 9.56. The molecule has 1 aromatic carbocycles. The number of nitrogens with zero attached hydrogens (tertiary/aromatic N) is 3. The normalized spacial score (nSPS) is 16.7. The first-order valence-corrected chi connectivity index (χ1v) is 8.29. The largest absolute Gasteiger partial charge is 0.491 e. The van der Waals surface area contributed by atoms with E-state index in [0.29, 0.717) is 12.0 Å². The zero-order valence-electron chi connectivity index (χ0n) is 14.0. The third-order valence-electron chi connectivity index (χ3n) is 4.21. The van der Waals surface area contributed by atoms with Gasteiger partial charge in [-0.3, -0.25) is 9.69 Å². The van der Waals surface area contributed by atoms with Crippen LogP contribution in [0, 0.1) is 11.3 Å². The van der Waals surface area contributed by atoms with E-state index in [9.17, 15) is 4.79 Å². The number of benzene rings is 1. The van der Waals surface area contributed by atoms with Crippen LogP contribution in [0.3, 0.4) is 0 Å². The van der Waals surface area contributed by atoms with Crippen LogP contribution in [0.2, 0.25) is 0 Å². The molecule has 1 aromatic rings. The number of nitriles is 1. The standard InChI is InChI=1S/C18H25N3O2/c1-3-15(2)23-17-7-5-16(6-8-17)18(22)21-13-11-20(12-14-21)10-4-9-19/h5-8,15H,3-4,10-14H2,1-2H3. The second-order valence-electron chi connectivity index (χ2n) is 5.90. The molecule has 5 heteroatoms. The number of carbonyl (C=O) groups excluding carboxylic acids is 1. The molecule has 0 aromatic heterocycles. The van der Waals surface area contributed by atoms with Crippen LogP contribution in [-0.4, -0.2) is 54.5 Å². The summed E-state index contributed by atoms with van der Waals surface area (Å²) in [4.78, 5) is 16.6. The van der Waals surface area contributed by atoms with Crippen molar-refractivity contribution in [2.75, 3.05) is 32.7 Å². The van der Waals surface area contributed by atoms with Crippen molar-refractivity contribution in [3.05, 3.63) is 29.8 Å². The Kier molecular flexibility index (Phi) is 6.42. The highest BCUT2D eigenvalue weighted by molar-refractivity contribution is 5.94. The van der Waals surface area contributed by atoms with Crippen LogP contribution in [0.1, 0.15) is 37.0 Å². The first kappa shape index (κ1) is 17.3. The van der Waals surface area contributed by atoms with Gasteiger partial charge in [-0.2, -0.15) is 5.26 Å². The SMILES string of the molecule is CCC(C)Oc1ccc(C(=O)N2CCN(CCC#N)CC2)cc1. The number of rotatable bonds is 6. The van der Waals surface area contributed by atoms with Gasteiger partial charge in [0.25, 0.3) is 5.91 Å². The van der Waals surface area contributed by atoms with Gasteiger partial charge < -0.3 is 9.64 Å². The van der Waals surface area contributed by atoms with E-state index in [1.165, 1.54) is 0 Å². The van der Waals surface area contributed by atoms with Crippen LogP contribution in [0.25, 0.3) is 0 Å². The fraction of sp³-hybridized carbons (Fsp3) is 0.556. The summed E-state index contributed by atoms with van der Waals surface area (Å²) in [6.07, 6.45) is 1.68. The van der Waals surface area contributed by atoms with Crippen molar-refractivity contribution in [3.8, 4) is 11.8 Å². The molecule has 5 nitrogen and oxygen atoms in total. The van der Waals surface area contributed by atoms with Gasteiger partial charge >= 0.3 is 0 Å². The maximum Gasteiger partial charge on any atom is 0.253 e. The molecule has 1 saturated heterocycles. The summed E-state index contributed by atoms with van der Waals surface area (Å²) in [5.41, 5.74) is 0.701. The topological polar surface area (TPSA) is 56.6 Å². The molecule has 0 aliphatic carbocycles. The van der Waals surface area contributed by atoms with Crippen molar-refractivity contribution in [3.63, 3.8) is 0 Å². The lowest BCUT2D eigenvalue weighted by atomic mass is 10.1. The lowest BCUT2D eigenvalue weighted by Gasteiger charge is -2.34. The van der Waals surface area contributed by atoms with Crippen LogP contribution in [0.5, 0.6) is 5.75 Å². The monoisotopic (exact) mass is 315 g/mol. The Bertz CT molecular complexity index is 542. The Balaban J connectivity index is 1.87. The summed E-state index contributed by atoms with van der Waals surface area (Å²) in [5.74, 6) is 0.872. The average molecular weight is 315 g/mol.